The summed E-state index contributed by atoms with van der Waals surface area (Å²) in [5.74, 6) is -0.731. The van der Waals surface area contributed by atoms with Gasteiger partial charge in [0.2, 0.25) is 0 Å². The van der Waals surface area contributed by atoms with Gasteiger partial charge >= 0.3 is 5.97 Å². The third-order valence-corrected chi connectivity index (χ3v) is 3.83. The van der Waals surface area contributed by atoms with Crippen LogP contribution in [0.15, 0.2) is 24.3 Å². The monoisotopic (exact) mass is 307 g/mol. The van der Waals surface area contributed by atoms with Crippen LogP contribution in [-0.2, 0) is 20.9 Å². The zero-order chi connectivity index (χ0) is 16.1. The largest absolute Gasteiger partial charge is 0.497 e. The molecule has 22 heavy (non-hydrogen) atoms. The SMILES string of the molecule is COc1cccc(CO[C@@H](C)C(=O)N2CC[C@@H](C(=O)O)C2)c1. The number of likely N-dealkylation sites (tertiary alicyclic amines) is 1. The van der Waals surface area contributed by atoms with Crippen LogP contribution in [0.25, 0.3) is 0 Å². The first-order valence-electron chi connectivity index (χ1n) is 7.27. The van der Waals surface area contributed by atoms with E-state index in [0.717, 1.165) is 11.3 Å². The molecule has 0 spiro atoms. The Labute approximate surface area is 129 Å². The van der Waals surface area contributed by atoms with Gasteiger partial charge in [0, 0.05) is 13.1 Å². The maximum atomic E-state index is 12.2. The molecule has 2 rings (SSSR count). The minimum Gasteiger partial charge on any atom is -0.497 e. The summed E-state index contributed by atoms with van der Waals surface area (Å²) in [4.78, 5) is 24.7. The number of carbonyl (C=O) groups is 2. The Balaban J connectivity index is 1.85. The molecule has 1 aliphatic heterocycles. The van der Waals surface area contributed by atoms with E-state index < -0.39 is 18.0 Å². The van der Waals surface area contributed by atoms with Crippen LogP contribution in [0.1, 0.15) is 18.9 Å². The Kier molecular flexibility index (Phi) is 5.38. The van der Waals surface area contributed by atoms with Crippen LogP contribution in [0.5, 0.6) is 5.75 Å². The van der Waals surface area contributed by atoms with Gasteiger partial charge in [-0.15, -0.1) is 0 Å². The molecule has 1 aliphatic rings. The number of aliphatic carboxylic acids is 1. The van der Waals surface area contributed by atoms with E-state index in [0.29, 0.717) is 19.6 Å². The second-order valence-electron chi connectivity index (χ2n) is 5.41. The molecule has 0 aliphatic carbocycles. The Morgan fingerprint density at radius 3 is 2.86 bits per heavy atom. The van der Waals surface area contributed by atoms with Gasteiger partial charge in [-0.2, -0.15) is 0 Å². The van der Waals surface area contributed by atoms with Crippen molar-refractivity contribution >= 4 is 11.9 Å². The molecule has 0 saturated carbocycles. The topological polar surface area (TPSA) is 76.1 Å². The smallest absolute Gasteiger partial charge is 0.308 e. The number of ether oxygens (including phenoxy) is 2. The van der Waals surface area contributed by atoms with Crippen LogP contribution in [0.4, 0.5) is 0 Å². The molecular weight excluding hydrogens is 286 g/mol. The fraction of sp³-hybridized carbons (Fsp3) is 0.500. The number of benzene rings is 1. The van der Waals surface area contributed by atoms with Crippen LogP contribution in [0.3, 0.4) is 0 Å². The average molecular weight is 307 g/mol. The summed E-state index contributed by atoms with van der Waals surface area (Å²) in [5, 5.41) is 8.97. The summed E-state index contributed by atoms with van der Waals surface area (Å²) >= 11 is 0. The fourth-order valence-corrected chi connectivity index (χ4v) is 2.47. The second-order valence-corrected chi connectivity index (χ2v) is 5.41. The summed E-state index contributed by atoms with van der Waals surface area (Å²) in [6.45, 7) is 2.74. The minimum atomic E-state index is -0.847. The third-order valence-electron chi connectivity index (χ3n) is 3.83. The van der Waals surface area contributed by atoms with Crippen LogP contribution < -0.4 is 4.74 Å². The van der Waals surface area contributed by atoms with E-state index >= 15 is 0 Å². The predicted octanol–water partition coefficient (Wildman–Crippen LogP) is 1.53. The number of nitrogens with zero attached hydrogens (tertiary/aromatic N) is 1. The van der Waals surface area contributed by atoms with Crippen molar-refractivity contribution in [2.45, 2.75) is 26.1 Å². The van der Waals surface area contributed by atoms with E-state index in [2.05, 4.69) is 0 Å². The second kappa shape index (κ2) is 7.26. The summed E-state index contributed by atoms with van der Waals surface area (Å²) in [6.07, 6.45) is -0.0947. The van der Waals surface area contributed by atoms with Crippen molar-refractivity contribution in [3.8, 4) is 5.75 Å². The van der Waals surface area contributed by atoms with Crippen molar-refractivity contribution in [3.63, 3.8) is 0 Å². The normalized spacial score (nSPS) is 19.0. The van der Waals surface area contributed by atoms with E-state index in [-0.39, 0.29) is 12.5 Å². The first-order valence-corrected chi connectivity index (χ1v) is 7.27. The molecule has 1 aromatic carbocycles. The van der Waals surface area contributed by atoms with Crippen molar-refractivity contribution in [1.82, 2.24) is 4.90 Å². The number of carboxylic acid groups (broad SMARTS) is 1. The fourth-order valence-electron chi connectivity index (χ4n) is 2.47. The first kappa shape index (κ1) is 16.3. The number of methoxy groups -OCH3 is 1. The number of hydrogen-bond donors (Lipinski definition) is 1. The number of rotatable bonds is 6. The highest BCUT2D eigenvalue weighted by Crippen LogP contribution is 2.19. The van der Waals surface area contributed by atoms with E-state index in [1.165, 1.54) is 0 Å². The van der Waals surface area contributed by atoms with Gasteiger partial charge in [-0.05, 0) is 31.0 Å². The zero-order valence-electron chi connectivity index (χ0n) is 12.8. The van der Waals surface area contributed by atoms with Gasteiger partial charge in [-0.1, -0.05) is 12.1 Å². The van der Waals surface area contributed by atoms with Crippen LogP contribution in [0, 0.1) is 5.92 Å². The van der Waals surface area contributed by atoms with Gasteiger partial charge in [-0.3, -0.25) is 9.59 Å². The molecule has 120 valence electrons. The Morgan fingerprint density at radius 1 is 1.45 bits per heavy atom. The molecular formula is C16H21NO5. The molecule has 1 aromatic rings. The molecule has 1 N–H and O–H groups in total. The van der Waals surface area contributed by atoms with Crippen LogP contribution >= 0.6 is 0 Å². The first-order chi connectivity index (χ1) is 10.5. The van der Waals surface area contributed by atoms with Crippen molar-refractivity contribution in [1.29, 1.82) is 0 Å². The van der Waals surface area contributed by atoms with E-state index in [1.807, 2.05) is 24.3 Å². The highest BCUT2D eigenvalue weighted by atomic mass is 16.5. The highest BCUT2D eigenvalue weighted by molar-refractivity contribution is 5.82. The lowest BCUT2D eigenvalue weighted by Crippen LogP contribution is -2.38. The van der Waals surface area contributed by atoms with Crippen LogP contribution in [0.2, 0.25) is 0 Å². The van der Waals surface area contributed by atoms with Crippen LogP contribution in [-0.4, -0.2) is 48.2 Å². The maximum absolute atomic E-state index is 12.2. The van der Waals surface area contributed by atoms with Gasteiger partial charge in [-0.25, -0.2) is 0 Å². The molecule has 1 heterocycles. The van der Waals surface area contributed by atoms with Crippen molar-refractivity contribution < 1.29 is 24.2 Å². The van der Waals surface area contributed by atoms with Crippen molar-refractivity contribution in [3.05, 3.63) is 29.8 Å². The van der Waals surface area contributed by atoms with Gasteiger partial charge < -0.3 is 19.5 Å². The summed E-state index contributed by atoms with van der Waals surface area (Å²) in [7, 11) is 1.60. The number of carboxylic acids is 1. The molecule has 1 fully saturated rings. The summed E-state index contributed by atoms with van der Waals surface area (Å²) in [6, 6.07) is 7.46. The summed E-state index contributed by atoms with van der Waals surface area (Å²) < 4.78 is 10.7. The van der Waals surface area contributed by atoms with Crippen molar-refractivity contribution in [2.75, 3.05) is 20.2 Å². The molecule has 0 unspecified atom stereocenters. The Bertz CT molecular complexity index is 545. The number of hydrogen-bond acceptors (Lipinski definition) is 4. The quantitative estimate of drug-likeness (QED) is 0.862. The van der Waals surface area contributed by atoms with Gasteiger partial charge in [0.15, 0.2) is 0 Å². The Hall–Kier alpha value is -2.08. The van der Waals surface area contributed by atoms with Crippen molar-refractivity contribution in [2.24, 2.45) is 5.92 Å². The van der Waals surface area contributed by atoms with Gasteiger partial charge in [0.05, 0.1) is 19.6 Å². The van der Waals surface area contributed by atoms with Gasteiger partial charge in [0.1, 0.15) is 11.9 Å². The average Bonchev–Trinajstić information content (AvgIpc) is 3.02. The molecule has 0 bridgehead atoms. The molecule has 1 saturated heterocycles. The lowest BCUT2D eigenvalue weighted by molar-refractivity contribution is -0.144. The number of carbonyl (C=O) groups excluding carboxylic acids is 1. The molecule has 0 radical (unpaired) electrons. The molecule has 6 nitrogen and oxygen atoms in total. The maximum Gasteiger partial charge on any atom is 0.308 e. The number of amides is 1. The lowest BCUT2D eigenvalue weighted by Gasteiger charge is -2.21. The van der Waals surface area contributed by atoms with E-state index in [4.69, 9.17) is 14.6 Å². The zero-order valence-corrected chi connectivity index (χ0v) is 12.8. The van der Waals surface area contributed by atoms with E-state index in [1.54, 1.807) is 18.9 Å². The molecule has 6 heteroatoms. The Morgan fingerprint density at radius 2 is 2.23 bits per heavy atom. The molecule has 1 amide bonds. The summed E-state index contributed by atoms with van der Waals surface area (Å²) in [5.41, 5.74) is 0.920. The van der Waals surface area contributed by atoms with Gasteiger partial charge in [0.25, 0.3) is 5.91 Å². The van der Waals surface area contributed by atoms with E-state index in [9.17, 15) is 9.59 Å². The molecule has 2 atom stereocenters. The lowest BCUT2D eigenvalue weighted by atomic mass is 10.1. The minimum absolute atomic E-state index is 0.161. The predicted molar refractivity (Wildman–Crippen MR) is 79.6 cm³/mol. The third kappa shape index (κ3) is 3.98. The standard InChI is InChI=1S/C16H21NO5/c1-11(15(18)17-7-6-13(9-17)16(19)20)22-10-12-4-3-5-14(8-12)21-2/h3-5,8,11,13H,6-7,9-10H2,1-2H3,(H,19,20)/t11-,13+/m0/s1. The molecule has 0 aromatic heterocycles. The highest BCUT2D eigenvalue weighted by Gasteiger charge is 2.32.